The number of nitrogens with zero attached hydrogens (tertiary/aromatic N) is 2. The molecule has 1 aliphatic rings. The first-order chi connectivity index (χ1) is 6.18. The van der Waals surface area contributed by atoms with Crippen LogP contribution in [0.2, 0.25) is 0 Å². The van der Waals surface area contributed by atoms with Crippen LogP contribution >= 0.6 is 0 Å². The van der Waals surface area contributed by atoms with Gasteiger partial charge in [0.1, 0.15) is 5.82 Å². The highest BCUT2D eigenvalue weighted by atomic mass is 14.9. The first-order valence-electron chi connectivity index (χ1n) is 4.75. The standard InChI is InChI=1S/C10H15N3/c1-8-12-7-3-9(13-8)2-4-10(11)5-6-10/h3,7H,2,4-6,11H2,1H3. The van der Waals surface area contributed by atoms with Gasteiger partial charge in [-0.05, 0) is 38.7 Å². The Balaban J connectivity index is 1.94. The Labute approximate surface area is 78.4 Å². The molecule has 1 saturated carbocycles. The van der Waals surface area contributed by atoms with Gasteiger partial charge >= 0.3 is 0 Å². The summed E-state index contributed by atoms with van der Waals surface area (Å²) in [5.41, 5.74) is 7.24. The van der Waals surface area contributed by atoms with E-state index in [9.17, 15) is 0 Å². The minimum atomic E-state index is 0.138. The third-order valence-electron chi connectivity index (χ3n) is 2.60. The third-order valence-corrected chi connectivity index (χ3v) is 2.60. The zero-order valence-electron chi connectivity index (χ0n) is 7.95. The van der Waals surface area contributed by atoms with Gasteiger partial charge in [0.05, 0.1) is 0 Å². The molecule has 1 aromatic heterocycles. The molecule has 0 aromatic carbocycles. The maximum Gasteiger partial charge on any atom is 0.125 e. The van der Waals surface area contributed by atoms with Gasteiger partial charge in [0.2, 0.25) is 0 Å². The minimum Gasteiger partial charge on any atom is -0.325 e. The third kappa shape index (κ3) is 2.25. The molecule has 70 valence electrons. The smallest absolute Gasteiger partial charge is 0.125 e. The molecule has 0 spiro atoms. The molecule has 13 heavy (non-hydrogen) atoms. The summed E-state index contributed by atoms with van der Waals surface area (Å²) in [7, 11) is 0. The molecule has 0 unspecified atom stereocenters. The van der Waals surface area contributed by atoms with E-state index in [-0.39, 0.29) is 5.54 Å². The summed E-state index contributed by atoms with van der Waals surface area (Å²) >= 11 is 0. The average Bonchev–Trinajstić information content (AvgIpc) is 2.82. The van der Waals surface area contributed by atoms with E-state index in [0.29, 0.717) is 0 Å². The van der Waals surface area contributed by atoms with Crippen molar-refractivity contribution in [1.29, 1.82) is 0 Å². The Morgan fingerprint density at radius 2 is 2.31 bits per heavy atom. The van der Waals surface area contributed by atoms with Gasteiger partial charge in [-0.25, -0.2) is 9.97 Å². The lowest BCUT2D eigenvalue weighted by atomic mass is 10.1. The van der Waals surface area contributed by atoms with Gasteiger partial charge < -0.3 is 5.73 Å². The Hall–Kier alpha value is -0.960. The van der Waals surface area contributed by atoms with Crippen molar-refractivity contribution in [2.45, 2.75) is 38.1 Å². The minimum absolute atomic E-state index is 0.138. The number of aromatic nitrogens is 2. The van der Waals surface area contributed by atoms with E-state index < -0.39 is 0 Å². The van der Waals surface area contributed by atoms with Crippen molar-refractivity contribution in [3.63, 3.8) is 0 Å². The van der Waals surface area contributed by atoms with Crippen molar-refractivity contribution >= 4 is 0 Å². The summed E-state index contributed by atoms with van der Waals surface area (Å²) < 4.78 is 0. The van der Waals surface area contributed by atoms with Crippen LogP contribution in [-0.4, -0.2) is 15.5 Å². The predicted octanol–water partition coefficient (Wildman–Crippen LogP) is 1.21. The Bertz CT molecular complexity index is 305. The fraction of sp³-hybridized carbons (Fsp3) is 0.600. The van der Waals surface area contributed by atoms with E-state index in [4.69, 9.17) is 5.73 Å². The number of hydrogen-bond acceptors (Lipinski definition) is 3. The maximum atomic E-state index is 5.99. The van der Waals surface area contributed by atoms with Crippen LogP contribution in [0.3, 0.4) is 0 Å². The Morgan fingerprint density at radius 1 is 1.54 bits per heavy atom. The summed E-state index contributed by atoms with van der Waals surface area (Å²) in [5.74, 6) is 0.847. The van der Waals surface area contributed by atoms with Gasteiger partial charge in [-0.1, -0.05) is 0 Å². The molecule has 0 aliphatic heterocycles. The van der Waals surface area contributed by atoms with E-state index in [1.807, 2.05) is 19.2 Å². The van der Waals surface area contributed by atoms with Gasteiger partial charge in [0.15, 0.2) is 0 Å². The van der Waals surface area contributed by atoms with Gasteiger partial charge in [-0.15, -0.1) is 0 Å². The fourth-order valence-electron chi connectivity index (χ4n) is 1.43. The van der Waals surface area contributed by atoms with Crippen LogP contribution < -0.4 is 5.73 Å². The largest absolute Gasteiger partial charge is 0.325 e. The van der Waals surface area contributed by atoms with Crippen molar-refractivity contribution < 1.29 is 0 Å². The maximum absolute atomic E-state index is 5.99. The molecule has 0 bridgehead atoms. The molecule has 1 fully saturated rings. The fourth-order valence-corrected chi connectivity index (χ4v) is 1.43. The van der Waals surface area contributed by atoms with Crippen LogP contribution in [0.5, 0.6) is 0 Å². The van der Waals surface area contributed by atoms with Crippen LogP contribution in [-0.2, 0) is 6.42 Å². The summed E-state index contributed by atoms with van der Waals surface area (Å²) in [6, 6.07) is 1.97. The lowest BCUT2D eigenvalue weighted by molar-refractivity contribution is 0.602. The van der Waals surface area contributed by atoms with Crippen molar-refractivity contribution in [3.05, 3.63) is 23.8 Å². The van der Waals surface area contributed by atoms with E-state index >= 15 is 0 Å². The molecule has 2 N–H and O–H groups in total. The molecule has 3 nitrogen and oxygen atoms in total. The summed E-state index contributed by atoms with van der Waals surface area (Å²) in [6.45, 7) is 1.92. The molecule has 0 amide bonds. The number of nitrogens with two attached hydrogens (primary N) is 1. The van der Waals surface area contributed by atoms with E-state index in [2.05, 4.69) is 9.97 Å². The summed E-state index contributed by atoms with van der Waals surface area (Å²) in [5, 5.41) is 0. The Morgan fingerprint density at radius 3 is 2.92 bits per heavy atom. The molecule has 0 radical (unpaired) electrons. The number of aryl methyl sites for hydroxylation is 2. The van der Waals surface area contributed by atoms with Crippen molar-refractivity contribution in [3.8, 4) is 0 Å². The quantitative estimate of drug-likeness (QED) is 0.755. The second-order valence-electron chi connectivity index (χ2n) is 3.96. The second-order valence-corrected chi connectivity index (χ2v) is 3.96. The molecule has 0 saturated heterocycles. The monoisotopic (exact) mass is 177 g/mol. The second kappa shape index (κ2) is 3.07. The van der Waals surface area contributed by atoms with Crippen LogP contribution in [0, 0.1) is 6.92 Å². The van der Waals surface area contributed by atoms with Crippen LogP contribution in [0.25, 0.3) is 0 Å². The molecular formula is C10H15N3. The molecule has 1 aromatic rings. The van der Waals surface area contributed by atoms with Gasteiger partial charge in [-0.2, -0.15) is 0 Å². The van der Waals surface area contributed by atoms with Crippen LogP contribution in [0.1, 0.15) is 30.8 Å². The van der Waals surface area contributed by atoms with Crippen molar-refractivity contribution in [1.82, 2.24) is 9.97 Å². The first kappa shape index (κ1) is 8.63. The number of rotatable bonds is 3. The predicted molar refractivity (Wildman–Crippen MR) is 51.2 cm³/mol. The normalized spacial score (nSPS) is 18.6. The molecular weight excluding hydrogens is 162 g/mol. The molecule has 2 rings (SSSR count). The topological polar surface area (TPSA) is 51.8 Å². The highest BCUT2D eigenvalue weighted by molar-refractivity contribution is 5.06. The van der Waals surface area contributed by atoms with Crippen LogP contribution in [0.15, 0.2) is 12.3 Å². The van der Waals surface area contributed by atoms with E-state index in [1.54, 1.807) is 0 Å². The summed E-state index contributed by atoms with van der Waals surface area (Å²) in [4.78, 5) is 8.39. The summed E-state index contributed by atoms with van der Waals surface area (Å²) in [6.07, 6.45) is 6.21. The Kier molecular flexibility index (Phi) is 2.04. The molecule has 1 heterocycles. The van der Waals surface area contributed by atoms with Crippen LogP contribution in [0.4, 0.5) is 0 Å². The highest BCUT2D eigenvalue weighted by Gasteiger charge is 2.37. The lowest BCUT2D eigenvalue weighted by Crippen LogP contribution is -2.22. The van der Waals surface area contributed by atoms with Crippen molar-refractivity contribution in [2.24, 2.45) is 5.73 Å². The zero-order valence-corrected chi connectivity index (χ0v) is 7.95. The molecule has 1 aliphatic carbocycles. The van der Waals surface area contributed by atoms with Gasteiger partial charge in [0, 0.05) is 17.4 Å². The SMILES string of the molecule is Cc1nccc(CCC2(N)CC2)n1. The molecule has 0 atom stereocenters. The first-order valence-corrected chi connectivity index (χ1v) is 4.75. The van der Waals surface area contributed by atoms with E-state index in [0.717, 1.165) is 24.4 Å². The average molecular weight is 177 g/mol. The van der Waals surface area contributed by atoms with E-state index in [1.165, 1.54) is 12.8 Å². The van der Waals surface area contributed by atoms with Crippen molar-refractivity contribution in [2.75, 3.05) is 0 Å². The van der Waals surface area contributed by atoms with Gasteiger partial charge in [-0.3, -0.25) is 0 Å². The highest BCUT2D eigenvalue weighted by Crippen LogP contribution is 2.36. The number of hydrogen-bond donors (Lipinski definition) is 1. The zero-order chi connectivity index (χ0) is 9.31. The van der Waals surface area contributed by atoms with Gasteiger partial charge in [0.25, 0.3) is 0 Å². The lowest BCUT2D eigenvalue weighted by Gasteiger charge is -2.07. The molecule has 3 heteroatoms.